The predicted molar refractivity (Wildman–Crippen MR) is 615 cm³/mol. The first-order valence-electron chi connectivity index (χ1n) is 48.8. The molecule has 3 aliphatic rings. The van der Waals surface area contributed by atoms with Crippen LogP contribution >= 0.6 is 28.6 Å². The minimum absolute atomic E-state index is 0.822. The van der Waals surface area contributed by atoms with E-state index in [0.29, 0.717) is 0 Å². The smallest absolute Gasteiger partial charge is 0.173 e. The number of benzene rings is 24. The third-order valence-corrected chi connectivity index (χ3v) is 41.2. The zero-order valence-corrected chi connectivity index (χ0v) is 82.3. The first kappa shape index (κ1) is 89.8. The van der Waals surface area contributed by atoms with Crippen LogP contribution in [0.25, 0.3) is 153 Å². The lowest BCUT2D eigenvalue weighted by Crippen LogP contribution is -2.26. The van der Waals surface area contributed by atoms with E-state index >= 15 is 13.7 Å². The lowest BCUT2D eigenvalue weighted by atomic mass is 9.84. The molecule has 8 heteroatoms. The molecule has 3 aliphatic heterocycles. The average Bonchev–Trinajstić information content (AvgIpc) is 1.53. The maximum absolute atomic E-state index is 15.9. The van der Waals surface area contributed by atoms with Gasteiger partial charge in [0.15, 0.2) is 28.6 Å². The van der Waals surface area contributed by atoms with Crippen LogP contribution in [-0.2, 0) is 18.3 Å². The van der Waals surface area contributed by atoms with E-state index in [1.807, 2.05) is 249 Å². The van der Waals surface area contributed by atoms with Crippen LogP contribution in [0.3, 0.4) is 0 Å². The highest BCUT2D eigenvalue weighted by Gasteiger charge is 2.47. The molecule has 144 heavy (non-hydrogen) atoms. The van der Waals surface area contributed by atoms with Crippen molar-refractivity contribution in [3.63, 3.8) is 0 Å². The molecule has 0 aliphatic carbocycles. The van der Waals surface area contributed by atoms with Gasteiger partial charge in [0.05, 0.1) is 0 Å². The first-order chi connectivity index (χ1) is 71.0. The van der Waals surface area contributed by atoms with Crippen LogP contribution in [0.2, 0.25) is 0 Å². The summed E-state index contributed by atoms with van der Waals surface area (Å²) in [5, 5.41) is 25.1. The molecule has 0 amide bonds. The van der Waals surface area contributed by atoms with Crippen LogP contribution in [0.1, 0.15) is 22.3 Å². The molecule has 1 atom stereocenters. The second-order valence-corrected chi connectivity index (χ2v) is 47.5. The first-order valence-corrected chi connectivity index (χ1v) is 55.7. The second-order valence-electron chi connectivity index (χ2n) is 36.7. The standard InChI is InChI=1S/C52H35OP.C34H25OP.C32H21OP.C18H13OP/c53-54(44-19-3-1-4-20-44,45-21-5-2-6-22-45)46-23-13-18-40(34-46)41-30-31-49-50(35-41)52(43-29-27-37-15-8-10-17-39(37)33-43)48-25-12-11-24-47(48)51(49)42-28-26-36-14-7-9-16-38(36)32-42;35-36(30-24-14-5-15-25-30)33(28-20-10-3-11-21-28)31(26-16-6-1-7-17-26)32(27-18-8-2-9-19-27)34(36)29-22-12-4-13-23-29;33-34(24-12-2-1-3-13-24)29-17-9-8-16-27(29)28-20-18-22-10-4-6-14-25(22)31(28)32-26-15-7-5-11-23(26)19-21-30(32)34;19-20(14-8-2-1-3-9-14)17-12-6-4-10-15(17)16-11-5-7-13-18(16)20/h1-35H;1-25H;1-21H;1-13H. The van der Waals surface area contributed by atoms with Gasteiger partial charge in [-0.25, -0.2) is 0 Å². The van der Waals surface area contributed by atoms with Gasteiger partial charge in [-0.15, -0.1) is 0 Å². The molecule has 0 aromatic heterocycles. The highest BCUT2D eigenvalue weighted by atomic mass is 31.2. The van der Waals surface area contributed by atoms with Crippen molar-refractivity contribution in [1.82, 2.24) is 0 Å². The van der Waals surface area contributed by atoms with Gasteiger partial charge in [-0.2, -0.15) is 0 Å². The molecule has 4 nitrogen and oxygen atoms in total. The summed E-state index contributed by atoms with van der Waals surface area (Å²) in [7, 11) is -12.3. The summed E-state index contributed by atoms with van der Waals surface area (Å²) in [6, 6.07) is 196. The van der Waals surface area contributed by atoms with Gasteiger partial charge >= 0.3 is 0 Å². The molecule has 27 rings (SSSR count). The monoisotopic (exact) mass is 1910 g/mol. The Morgan fingerprint density at radius 1 is 0.153 bits per heavy atom. The van der Waals surface area contributed by atoms with E-state index in [2.05, 4.69) is 322 Å². The van der Waals surface area contributed by atoms with Crippen molar-refractivity contribution < 1.29 is 18.3 Å². The summed E-state index contributed by atoms with van der Waals surface area (Å²) >= 11 is 0. The second kappa shape index (κ2) is 38.3. The molecule has 0 radical (unpaired) electrons. The highest BCUT2D eigenvalue weighted by molar-refractivity contribution is 7.91. The fraction of sp³-hybridized carbons (Fsp3) is 0. The Hall–Kier alpha value is -16.8. The Morgan fingerprint density at radius 2 is 0.451 bits per heavy atom. The molecule has 0 N–H and O–H groups in total. The van der Waals surface area contributed by atoms with Gasteiger partial charge in [-0.1, -0.05) is 540 Å². The van der Waals surface area contributed by atoms with E-state index in [-0.39, 0.29) is 0 Å². The Labute approximate surface area is 839 Å². The minimum atomic E-state index is -3.27. The topological polar surface area (TPSA) is 68.3 Å². The molecule has 0 fully saturated rings. The fourth-order valence-corrected chi connectivity index (χ4v) is 34.3. The molecular formula is C136H94O4P4. The van der Waals surface area contributed by atoms with Gasteiger partial charge in [0.2, 0.25) is 0 Å². The summed E-state index contributed by atoms with van der Waals surface area (Å²) in [4.78, 5) is 0. The van der Waals surface area contributed by atoms with Gasteiger partial charge in [-0.3, -0.25) is 0 Å². The summed E-state index contributed by atoms with van der Waals surface area (Å²) in [5.41, 5.74) is 19.8. The van der Waals surface area contributed by atoms with Crippen molar-refractivity contribution >= 4 is 168 Å². The van der Waals surface area contributed by atoms with Gasteiger partial charge in [0.1, 0.15) is 0 Å². The summed E-state index contributed by atoms with van der Waals surface area (Å²) in [5.74, 6) is 0. The largest absolute Gasteiger partial charge is 0.309 e. The van der Waals surface area contributed by atoms with E-state index in [1.54, 1.807) is 0 Å². The SMILES string of the molecule is O=P(c1ccccc1)(c1ccccc1)c1cccc(-c2ccc3c(-c4ccc5ccccc5c4)c4ccccc4c(-c4ccc5ccccc5c4)c3c2)c1.O=P1(c2ccccc2)C(c2ccccc2)=C(c2ccccc2)C(c2ccccc2)=C1c1ccccc1.O=P1(c2ccccc2)c2ccccc2-c2ccc3ccccc3c2-c2c1ccc1ccccc21.O=P1(c2ccccc2)c2ccccc2-c2ccccc21. The molecule has 24 aromatic rings. The van der Waals surface area contributed by atoms with Crippen molar-refractivity contribution in [2.24, 2.45) is 0 Å². The predicted octanol–water partition coefficient (Wildman–Crippen LogP) is 32.4. The van der Waals surface area contributed by atoms with E-state index < -0.39 is 28.6 Å². The number of allylic oxidation sites excluding steroid dienone is 2. The van der Waals surface area contributed by atoms with Crippen LogP contribution in [-0.4, -0.2) is 0 Å². The maximum Gasteiger partial charge on any atom is 0.173 e. The van der Waals surface area contributed by atoms with Crippen molar-refractivity contribution in [2.45, 2.75) is 0 Å². The molecule has 682 valence electrons. The summed E-state index contributed by atoms with van der Waals surface area (Å²) in [6.45, 7) is 0. The molecule has 1 unspecified atom stereocenters. The normalized spacial score (nSPS) is 14.0. The van der Waals surface area contributed by atoms with Crippen molar-refractivity contribution in [3.8, 4) is 66.8 Å². The highest BCUT2D eigenvalue weighted by Crippen LogP contribution is 2.77. The summed E-state index contributed by atoms with van der Waals surface area (Å²) < 4.78 is 60.7. The number of rotatable bonds is 13. The van der Waals surface area contributed by atoms with E-state index in [0.717, 1.165) is 147 Å². The zero-order chi connectivity index (χ0) is 96.7. The van der Waals surface area contributed by atoms with Crippen LogP contribution < -0.4 is 53.0 Å². The Kier molecular flexibility index (Phi) is 23.9. The van der Waals surface area contributed by atoms with Gasteiger partial charge in [0, 0.05) is 80.4 Å². The minimum Gasteiger partial charge on any atom is -0.309 e. The van der Waals surface area contributed by atoms with Crippen LogP contribution in [0, 0.1) is 0 Å². The Bertz CT molecular complexity index is 9170. The molecule has 0 saturated heterocycles. The quantitative estimate of drug-likeness (QED) is 0.0852. The molecular weight excluding hydrogens is 1820 g/mol. The summed E-state index contributed by atoms with van der Waals surface area (Å²) in [6.07, 6.45) is 0. The van der Waals surface area contributed by atoms with Crippen LogP contribution in [0.15, 0.2) is 570 Å². The Morgan fingerprint density at radius 3 is 0.903 bits per heavy atom. The van der Waals surface area contributed by atoms with Gasteiger partial charge in [0.25, 0.3) is 0 Å². The van der Waals surface area contributed by atoms with Crippen LogP contribution in [0.5, 0.6) is 0 Å². The van der Waals surface area contributed by atoms with Gasteiger partial charge < -0.3 is 18.3 Å². The van der Waals surface area contributed by atoms with Crippen molar-refractivity contribution in [2.75, 3.05) is 0 Å². The lowest BCUT2D eigenvalue weighted by molar-refractivity contribution is 0.591. The molecule has 24 aromatic carbocycles. The number of hydrogen-bond donors (Lipinski definition) is 0. The van der Waals surface area contributed by atoms with Gasteiger partial charge in [-0.05, 0) is 178 Å². The molecule has 0 spiro atoms. The van der Waals surface area contributed by atoms with E-state index in [1.165, 1.54) is 81.7 Å². The van der Waals surface area contributed by atoms with Crippen molar-refractivity contribution in [3.05, 3.63) is 592 Å². The van der Waals surface area contributed by atoms with E-state index in [9.17, 15) is 4.57 Å². The van der Waals surface area contributed by atoms with Crippen LogP contribution in [0.4, 0.5) is 0 Å². The fourth-order valence-electron chi connectivity index (χ4n) is 22.0. The average molecular weight is 1920 g/mol. The van der Waals surface area contributed by atoms with E-state index in [4.69, 9.17) is 0 Å². The number of fused-ring (bicyclic) bond motifs is 16. The number of hydrogen-bond acceptors (Lipinski definition) is 4. The third-order valence-electron chi connectivity index (χ3n) is 28.6. The van der Waals surface area contributed by atoms with Crippen molar-refractivity contribution in [1.29, 1.82) is 0 Å². The zero-order valence-electron chi connectivity index (χ0n) is 78.7. The molecule has 0 saturated carbocycles. The third kappa shape index (κ3) is 15.8. The molecule has 3 heterocycles. The molecule has 0 bridgehead atoms. The Balaban J connectivity index is 0.000000109. The lowest BCUT2D eigenvalue weighted by Gasteiger charge is -2.23. The maximum atomic E-state index is 15.9.